The zero-order chi connectivity index (χ0) is 18.2. The van der Waals surface area contributed by atoms with Gasteiger partial charge in [0, 0.05) is 19.3 Å². The number of hydrogen-bond acceptors (Lipinski definition) is 2. The number of amides is 1. The van der Waals surface area contributed by atoms with Crippen molar-refractivity contribution in [3.8, 4) is 0 Å². The topological polar surface area (TPSA) is 29.5 Å². The van der Waals surface area contributed by atoms with Crippen molar-refractivity contribution in [1.29, 1.82) is 0 Å². The Morgan fingerprint density at radius 3 is 2.50 bits per heavy atom. The first-order chi connectivity index (χ1) is 11.1. The summed E-state index contributed by atoms with van der Waals surface area (Å²) >= 11 is 0. The predicted molar refractivity (Wildman–Crippen MR) is 104 cm³/mol. The van der Waals surface area contributed by atoms with Gasteiger partial charge in [-0.05, 0) is 42.6 Å². The van der Waals surface area contributed by atoms with Crippen molar-refractivity contribution in [1.82, 2.24) is 0 Å². The van der Waals surface area contributed by atoms with E-state index in [1.165, 1.54) is 0 Å². The van der Waals surface area contributed by atoms with E-state index in [1.807, 2.05) is 31.3 Å². The van der Waals surface area contributed by atoms with Gasteiger partial charge in [0.1, 0.15) is 0 Å². The maximum absolute atomic E-state index is 13.1. The molecule has 132 valence electrons. The molecular weight excluding hydrogens is 314 g/mol. The summed E-state index contributed by atoms with van der Waals surface area (Å²) in [5.74, 6) is 0.155. The molecule has 0 saturated heterocycles. The lowest BCUT2D eigenvalue weighted by Gasteiger charge is -2.37. The molecule has 24 heavy (non-hydrogen) atoms. The van der Waals surface area contributed by atoms with Crippen LogP contribution in [0, 0.1) is 0 Å². The number of hydrogen-bond donors (Lipinski definition) is 0. The lowest BCUT2D eigenvalue weighted by Crippen LogP contribution is -2.44. The third-order valence-corrected chi connectivity index (χ3v) is 10.3. The summed E-state index contributed by atoms with van der Waals surface area (Å²) in [5, 5.41) is 0.174. The van der Waals surface area contributed by atoms with E-state index in [1.54, 1.807) is 4.90 Å². The maximum atomic E-state index is 13.1. The van der Waals surface area contributed by atoms with Crippen molar-refractivity contribution in [2.24, 2.45) is 0 Å². The standard InChI is InChI=1S/C20H31NO2Si/c1-8-13-20(14-15-23-24(6,7)19(2,3)4)16-11-9-10-12-17(16)21(5)18(20)22/h8-12H,1,13-15H2,2-7H3/t20-/m1/s1. The molecule has 1 aromatic carbocycles. The summed E-state index contributed by atoms with van der Waals surface area (Å²) in [6.07, 6.45) is 3.21. The fraction of sp³-hybridized carbons (Fsp3) is 0.550. The monoisotopic (exact) mass is 345 g/mol. The average molecular weight is 346 g/mol. The normalized spacial score (nSPS) is 21.1. The van der Waals surface area contributed by atoms with Crippen LogP contribution in [0.25, 0.3) is 0 Å². The summed E-state index contributed by atoms with van der Waals surface area (Å²) in [4.78, 5) is 14.8. The van der Waals surface area contributed by atoms with Crippen LogP contribution in [-0.2, 0) is 14.6 Å². The molecule has 1 aliphatic rings. The second-order valence-corrected chi connectivity index (χ2v) is 13.1. The van der Waals surface area contributed by atoms with Gasteiger partial charge in [0.15, 0.2) is 8.32 Å². The second-order valence-electron chi connectivity index (χ2n) is 8.31. The highest BCUT2D eigenvalue weighted by molar-refractivity contribution is 6.74. The van der Waals surface area contributed by atoms with Crippen molar-refractivity contribution in [2.45, 2.75) is 57.2 Å². The van der Waals surface area contributed by atoms with Crippen LogP contribution < -0.4 is 4.90 Å². The Kier molecular flexibility index (Phi) is 5.12. The Morgan fingerprint density at radius 2 is 1.92 bits per heavy atom. The van der Waals surface area contributed by atoms with Crippen molar-refractivity contribution in [3.63, 3.8) is 0 Å². The highest BCUT2D eigenvalue weighted by Crippen LogP contribution is 2.46. The first-order valence-corrected chi connectivity index (χ1v) is 11.6. The Labute approximate surface area is 147 Å². The van der Waals surface area contributed by atoms with Crippen LogP contribution in [0.15, 0.2) is 36.9 Å². The molecule has 0 aliphatic carbocycles. The van der Waals surface area contributed by atoms with E-state index in [9.17, 15) is 4.79 Å². The Hall–Kier alpha value is -1.39. The number of anilines is 1. The van der Waals surface area contributed by atoms with E-state index in [-0.39, 0.29) is 10.9 Å². The number of carbonyl (C=O) groups is 1. The number of fused-ring (bicyclic) bond motifs is 1. The van der Waals surface area contributed by atoms with E-state index in [4.69, 9.17) is 4.43 Å². The first kappa shape index (κ1) is 18.9. The molecule has 0 radical (unpaired) electrons. The minimum atomic E-state index is -1.81. The minimum absolute atomic E-state index is 0.155. The molecule has 4 heteroatoms. The van der Waals surface area contributed by atoms with Crippen LogP contribution >= 0.6 is 0 Å². The minimum Gasteiger partial charge on any atom is -0.417 e. The number of nitrogens with zero attached hydrogens (tertiary/aromatic N) is 1. The van der Waals surface area contributed by atoms with Crippen LogP contribution in [0.5, 0.6) is 0 Å². The van der Waals surface area contributed by atoms with Gasteiger partial charge in [-0.1, -0.05) is 45.0 Å². The maximum Gasteiger partial charge on any atom is 0.237 e. The van der Waals surface area contributed by atoms with E-state index < -0.39 is 13.7 Å². The highest BCUT2D eigenvalue weighted by atomic mass is 28.4. The van der Waals surface area contributed by atoms with Gasteiger partial charge in [0.25, 0.3) is 0 Å². The van der Waals surface area contributed by atoms with Crippen LogP contribution in [0.1, 0.15) is 39.2 Å². The molecule has 1 atom stereocenters. The van der Waals surface area contributed by atoms with E-state index in [2.05, 4.69) is 46.5 Å². The molecule has 0 saturated carbocycles. The molecule has 0 fully saturated rings. The average Bonchev–Trinajstić information content (AvgIpc) is 2.70. The van der Waals surface area contributed by atoms with Gasteiger partial charge in [-0.2, -0.15) is 0 Å². The zero-order valence-electron chi connectivity index (χ0n) is 16.0. The van der Waals surface area contributed by atoms with Crippen molar-refractivity contribution in [2.75, 3.05) is 18.6 Å². The van der Waals surface area contributed by atoms with Gasteiger partial charge in [0.05, 0.1) is 5.41 Å². The van der Waals surface area contributed by atoms with Crippen molar-refractivity contribution >= 4 is 19.9 Å². The van der Waals surface area contributed by atoms with Gasteiger partial charge < -0.3 is 9.33 Å². The largest absolute Gasteiger partial charge is 0.417 e. The molecule has 1 aliphatic heterocycles. The fourth-order valence-electron chi connectivity index (χ4n) is 3.20. The molecule has 1 aromatic rings. The molecule has 0 unspecified atom stereocenters. The van der Waals surface area contributed by atoms with Crippen LogP contribution in [0.2, 0.25) is 18.1 Å². The van der Waals surface area contributed by atoms with Crippen LogP contribution in [0.3, 0.4) is 0 Å². The van der Waals surface area contributed by atoms with Crippen molar-refractivity contribution < 1.29 is 9.22 Å². The first-order valence-electron chi connectivity index (χ1n) is 8.69. The molecule has 2 rings (SSSR count). The number of likely N-dealkylation sites (N-methyl/N-ethyl adjacent to an activating group) is 1. The van der Waals surface area contributed by atoms with E-state index >= 15 is 0 Å². The van der Waals surface area contributed by atoms with Gasteiger partial charge in [-0.15, -0.1) is 6.58 Å². The number of allylic oxidation sites excluding steroid dienone is 1. The van der Waals surface area contributed by atoms with Crippen LogP contribution in [0.4, 0.5) is 5.69 Å². The molecule has 0 spiro atoms. The number of benzene rings is 1. The number of rotatable bonds is 6. The van der Waals surface area contributed by atoms with Gasteiger partial charge >= 0.3 is 0 Å². The Balaban J connectivity index is 2.27. The van der Waals surface area contributed by atoms with Gasteiger partial charge in [-0.3, -0.25) is 4.79 Å². The summed E-state index contributed by atoms with van der Waals surface area (Å²) in [7, 11) is 0.0478. The molecule has 0 aromatic heterocycles. The Bertz CT molecular complexity index is 633. The molecule has 3 nitrogen and oxygen atoms in total. The molecular formula is C20H31NO2Si. The zero-order valence-corrected chi connectivity index (χ0v) is 17.0. The summed E-state index contributed by atoms with van der Waals surface area (Å²) < 4.78 is 6.36. The third-order valence-electron chi connectivity index (χ3n) is 5.79. The second kappa shape index (κ2) is 6.49. The van der Waals surface area contributed by atoms with Gasteiger partial charge in [0.2, 0.25) is 5.91 Å². The fourth-order valence-corrected chi connectivity index (χ4v) is 4.25. The lowest BCUT2D eigenvalue weighted by atomic mass is 9.76. The summed E-state index contributed by atoms with van der Waals surface area (Å²) in [6.45, 7) is 15.7. The van der Waals surface area contributed by atoms with Crippen molar-refractivity contribution in [3.05, 3.63) is 42.5 Å². The SMILES string of the molecule is C=CC[C@]1(CCO[Si](C)(C)C(C)(C)C)C(=O)N(C)c2ccccc21. The number of para-hydroxylation sites is 1. The van der Waals surface area contributed by atoms with Gasteiger partial charge in [-0.25, -0.2) is 0 Å². The molecule has 1 amide bonds. The molecule has 1 heterocycles. The lowest BCUT2D eigenvalue weighted by molar-refractivity contribution is -0.123. The third kappa shape index (κ3) is 3.09. The number of carbonyl (C=O) groups excluding carboxylic acids is 1. The highest BCUT2D eigenvalue weighted by Gasteiger charge is 2.48. The van der Waals surface area contributed by atoms with E-state index in [0.29, 0.717) is 19.4 Å². The smallest absolute Gasteiger partial charge is 0.237 e. The summed E-state index contributed by atoms with van der Waals surface area (Å²) in [5.41, 5.74) is 1.59. The Morgan fingerprint density at radius 1 is 1.29 bits per heavy atom. The molecule has 0 bridgehead atoms. The quantitative estimate of drug-likeness (QED) is 0.543. The summed E-state index contributed by atoms with van der Waals surface area (Å²) in [6, 6.07) is 8.09. The van der Waals surface area contributed by atoms with Crippen LogP contribution in [-0.4, -0.2) is 27.9 Å². The molecule has 0 N–H and O–H groups in total. The van der Waals surface area contributed by atoms with E-state index in [0.717, 1.165) is 11.3 Å². The predicted octanol–water partition coefficient (Wildman–Crippen LogP) is 4.89.